The van der Waals surface area contributed by atoms with Gasteiger partial charge in [-0.1, -0.05) is 13.0 Å². The molecule has 5 nitrogen and oxygen atoms in total. The Bertz CT molecular complexity index is 461. The van der Waals surface area contributed by atoms with Gasteiger partial charge in [0, 0.05) is 18.7 Å². The van der Waals surface area contributed by atoms with Crippen LogP contribution in [0.2, 0.25) is 0 Å². The van der Waals surface area contributed by atoms with E-state index in [0.29, 0.717) is 19.4 Å². The van der Waals surface area contributed by atoms with Crippen molar-refractivity contribution in [1.82, 2.24) is 15.2 Å². The molecule has 1 aliphatic rings. The van der Waals surface area contributed by atoms with Crippen LogP contribution < -0.4 is 5.32 Å². The van der Waals surface area contributed by atoms with Crippen LogP contribution in [0.5, 0.6) is 0 Å². The molecule has 2 unspecified atom stereocenters. The molecule has 2 amide bonds. The van der Waals surface area contributed by atoms with Crippen LogP contribution in [0.3, 0.4) is 0 Å². The number of hydrogen-bond donors (Lipinski definition) is 1. The SMILES string of the molecule is CCC1NC(=O)CC(C)N(Cc2ccccn2)C1=O. The summed E-state index contributed by atoms with van der Waals surface area (Å²) in [4.78, 5) is 30.1. The Balaban J connectivity index is 2.20. The lowest BCUT2D eigenvalue weighted by Gasteiger charge is -2.28. The number of nitrogens with one attached hydrogen (secondary N) is 1. The minimum Gasteiger partial charge on any atom is -0.344 e. The lowest BCUT2D eigenvalue weighted by molar-refractivity contribution is -0.135. The number of hydrogen-bond acceptors (Lipinski definition) is 3. The summed E-state index contributed by atoms with van der Waals surface area (Å²) >= 11 is 0. The fraction of sp³-hybridized carbons (Fsp3) is 0.500. The molecule has 0 aliphatic carbocycles. The van der Waals surface area contributed by atoms with E-state index in [1.165, 1.54) is 0 Å². The van der Waals surface area contributed by atoms with Gasteiger partial charge in [0.1, 0.15) is 6.04 Å². The molecule has 0 bridgehead atoms. The summed E-state index contributed by atoms with van der Waals surface area (Å²) in [6, 6.07) is 5.11. The molecule has 1 saturated heterocycles. The average Bonchev–Trinajstić information content (AvgIpc) is 2.51. The Morgan fingerprint density at radius 3 is 2.84 bits per heavy atom. The Hall–Kier alpha value is -1.91. The molecular formula is C14H19N3O2. The largest absolute Gasteiger partial charge is 0.344 e. The van der Waals surface area contributed by atoms with Crippen LogP contribution in [0.25, 0.3) is 0 Å². The zero-order valence-electron chi connectivity index (χ0n) is 11.3. The summed E-state index contributed by atoms with van der Waals surface area (Å²) in [6.07, 6.45) is 2.66. The van der Waals surface area contributed by atoms with Gasteiger partial charge in [-0.2, -0.15) is 0 Å². The number of nitrogens with zero attached hydrogens (tertiary/aromatic N) is 2. The van der Waals surface area contributed by atoms with E-state index < -0.39 is 6.04 Å². The van der Waals surface area contributed by atoms with Gasteiger partial charge in [-0.05, 0) is 25.5 Å². The van der Waals surface area contributed by atoms with Crippen molar-refractivity contribution in [2.45, 2.75) is 45.3 Å². The number of carbonyl (C=O) groups excluding carboxylic acids is 2. The second-order valence-corrected chi connectivity index (χ2v) is 4.87. The van der Waals surface area contributed by atoms with Crippen molar-refractivity contribution in [2.75, 3.05) is 0 Å². The van der Waals surface area contributed by atoms with Crippen molar-refractivity contribution in [1.29, 1.82) is 0 Å². The van der Waals surface area contributed by atoms with Crippen molar-refractivity contribution in [3.05, 3.63) is 30.1 Å². The molecule has 1 aromatic heterocycles. The van der Waals surface area contributed by atoms with Gasteiger partial charge in [-0.25, -0.2) is 0 Å². The third kappa shape index (κ3) is 3.10. The third-order valence-corrected chi connectivity index (χ3v) is 3.40. The summed E-state index contributed by atoms with van der Waals surface area (Å²) in [6.45, 7) is 4.25. The highest BCUT2D eigenvalue weighted by molar-refractivity contribution is 5.90. The van der Waals surface area contributed by atoms with Crippen molar-refractivity contribution in [3.8, 4) is 0 Å². The van der Waals surface area contributed by atoms with Gasteiger partial charge in [0.15, 0.2) is 0 Å². The topological polar surface area (TPSA) is 62.3 Å². The van der Waals surface area contributed by atoms with Crippen LogP contribution in [0.4, 0.5) is 0 Å². The van der Waals surface area contributed by atoms with Gasteiger partial charge in [-0.3, -0.25) is 14.6 Å². The highest BCUT2D eigenvalue weighted by atomic mass is 16.2. The first-order valence-electron chi connectivity index (χ1n) is 6.61. The lowest BCUT2D eigenvalue weighted by atomic mass is 10.1. The zero-order chi connectivity index (χ0) is 13.8. The second kappa shape index (κ2) is 5.82. The minimum atomic E-state index is -0.416. The van der Waals surface area contributed by atoms with E-state index in [1.54, 1.807) is 11.1 Å². The van der Waals surface area contributed by atoms with Crippen LogP contribution in [-0.2, 0) is 16.1 Å². The van der Waals surface area contributed by atoms with Crippen LogP contribution in [0, 0.1) is 0 Å². The first-order chi connectivity index (χ1) is 9.11. The van der Waals surface area contributed by atoms with E-state index in [2.05, 4.69) is 10.3 Å². The van der Waals surface area contributed by atoms with Gasteiger partial charge in [0.25, 0.3) is 0 Å². The van der Waals surface area contributed by atoms with Crippen molar-refractivity contribution < 1.29 is 9.59 Å². The van der Waals surface area contributed by atoms with Crippen LogP contribution >= 0.6 is 0 Å². The van der Waals surface area contributed by atoms with E-state index in [-0.39, 0.29) is 17.9 Å². The maximum Gasteiger partial charge on any atom is 0.245 e. The van der Waals surface area contributed by atoms with Crippen molar-refractivity contribution in [2.24, 2.45) is 0 Å². The van der Waals surface area contributed by atoms with E-state index in [1.807, 2.05) is 32.0 Å². The summed E-state index contributed by atoms with van der Waals surface area (Å²) in [7, 11) is 0. The Kier molecular flexibility index (Phi) is 4.14. The molecule has 1 aromatic rings. The first kappa shape index (κ1) is 13.5. The van der Waals surface area contributed by atoms with Gasteiger partial charge in [0.2, 0.25) is 11.8 Å². The van der Waals surface area contributed by atoms with Crippen LogP contribution in [0.15, 0.2) is 24.4 Å². The lowest BCUT2D eigenvalue weighted by Crippen LogP contribution is -2.45. The molecule has 1 aliphatic heterocycles. The number of rotatable bonds is 3. The van der Waals surface area contributed by atoms with Gasteiger partial charge < -0.3 is 10.2 Å². The van der Waals surface area contributed by atoms with E-state index in [0.717, 1.165) is 5.69 Å². The summed E-state index contributed by atoms with van der Waals surface area (Å²) < 4.78 is 0. The molecule has 102 valence electrons. The molecule has 0 aromatic carbocycles. The van der Waals surface area contributed by atoms with Crippen molar-refractivity contribution >= 4 is 11.8 Å². The van der Waals surface area contributed by atoms with Crippen LogP contribution in [0.1, 0.15) is 32.4 Å². The van der Waals surface area contributed by atoms with E-state index >= 15 is 0 Å². The molecule has 2 atom stereocenters. The summed E-state index contributed by atoms with van der Waals surface area (Å²) in [5.74, 6) is -0.0808. The predicted molar refractivity (Wildman–Crippen MR) is 71.1 cm³/mol. The fourth-order valence-corrected chi connectivity index (χ4v) is 2.29. The number of pyridine rings is 1. The standard InChI is InChI=1S/C14H19N3O2/c1-3-12-14(19)17(10(2)8-13(18)16-12)9-11-6-4-5-7-15-11/h4-7,10,12H,3,8-9H2,1-2H3,(H,16,18). The molecule has 1 N–H and O–H groups in total. The molecule has 0 spiro atoms. The molecule has 19 heavy (non-hydrogen) atoms. The quantitative estimate of drug-likeness (QED) is 0.886. The fourth-order valence-electron chi connectivity index (χ4n) is 2.29. The highest BCUT2D eigenvalue weighted by Gasteiger charge is 2.32. The van der Waals surface area contributed by atoms with Gasteiger partial charge in [0.05, 0.1) is 12.2 Å². The molecule has 0 radical (unpaired) electrons. The predicted octanol–water partition coefficient (Wildman–Crippen LogP) is 1.10. The number of aromatic nitrogens is 1. The van der Waals surface area contributed by atoms with Crippen LogP contribution in [-0.4, -0.2) is 33.8 Å². The maximum absolute atomic E-state index is 12.4. The average molecular weight is 261 g/mol. The molecular weight excluding hydrogens is 242 g/mol. The summed E-state index contributed by atoms with van der Waals surface area (Å²) in [5.41, 5.74) is 0.840. The molecule has 5 heteroatoms. The monoisotopic (exact) mass is 261 g/mol. The normalized spacial score (nSPS) is 24.0. The highest BCUT2D eigenvalue weighted by Crippen LogP contribution is 2.15. The van der Waals surface area contributed by atoms with E-state index in [4.69, 9.17) is 0 Å². The first-order valence-corrected chi connectivity index (χ1v) is 6.61. The minimum absolute atomic E-state index is 0.0218. The Labute approximate surface area is 113 Å². The summed E-state index contributed by atoms with van der Waals surface area (Å²) in [5, 5.41) is 2.77. The molecule has 2 rings (SSSR count). The van der Waals surface area contributed by atoms with E-state index in [9.17, 15) is 9.59 Å². The molecule has 1 fully saturated rings. The Morgan fingerprint density at radius 2 is 2.21 bits per heavy atom. The number of carbonyl (C=O) groups is 2. The third-order valence-electron chi connectivity index (χ3n) is 3.40. The zero-order valence-corrected chi connectivity index (χ0v) is 11.3. The molecule has 0 saturated carbocycles. The van der Waals surface area contributed by atoms with Gasteiger partial charge in [-0.15, -0.1) is 0 Å². The van der Waals surface area contributed by atoms with Gasteiger partial charge >= 0.3 is 0 Å². The van der Waals surface area contributed by atoms with Crippen molar-refractivity contribution in [3.63, 3.8) is 0 Å². The smallest absolute Gasteiger partial charge is 0.245 e. The Morgan fingerprint density at radius 1 is 1.42 bits per heavy atom. The number of amides is 2. The second-order valence-electron chi connectivity index (χ2n) is 4.87. The maximum atomic E-state index is 12.4. The molecule has 2 heterocycles.